The molecule has 3 aromatic rings. The van der Waals surface area contributed by atoms with Crippen molar-refractivity contribution in [1.29, 1.82) is 0 Å². The zero-order valence-corrected chi connectivity index (χ0v) is 11.7. The van der Waals surface area contributed by atoms with Crippen molar-refractivity contribution in [3.8, 4) is 0 Å². The van der Waals surface area contributed by atoms with Gasteiger partial charge in [-0.25, -0.2) is 14.0 Å². The Bertz CT molecular complexity index is 1040. The molecule has 23 heavy (non-hydrogen) atoms. The lowest BCUT2D eigenvalue weighted by Gasteiger charge is -2.10. The summed E-state index contributed by atoms with van der Waals surface area (Å²) in [6, 6.07) is 9.85. The Kier molecular flexibility index (Phi) is 3.53. The van der Waals surface area contributed by atoms with Crippen molar-refractivity contribution in [1.82, 2.24) is 9.55 Å². The maximum Gasteiger partial charge on any atom is 0.335 e. The first-order valence-electron chi connectivity index (χ1n) is 6.70. The van der Waals surface area contributed by atoms with Crippen LogP contribution >= 0.6 is 0 Å². The van der Waals surface area contributed by atoms with E-state index < -0.39 is 23.0 Å². The molecule has 0 unspecified atom stereocenters. The highest BCUT2D eigenvalue weighted by Gasteiger charge is 2.11. The summed E-state index contributed by atoms with van der Waals surface area (Å²) in [4.78, 5) is 37.0. The van der Waals surface area contributed by atoms with E-state index in [0.717, 1.165) is 12.1 Å². The Balaban J connectivity index is 2.18. The van der Waals surface area contributed by atoms with Gasteiger partial charge in [0.2, 0.25) is 0 Å². The molecule has 0 saturated carbocycles. The molecule has 1 aromatic heterocycles. The molecule has 0 atom stereocenters. The van der Waals surface area contributed by atoms with Gasteiger partial charge in [0.05, 0.1) is 23.0 Å². The molecule has 0 fully saturated rings. The molecule has 0 amide bonds. The number of hydrogen-bond acceptors (Lipinski definition) is 3. The Morgan fingerprint density at radius 3 is 2.65 bits per heavy atom. The molecule has 0 aliphatic carbocycles. The van der Waals surface area contributed by atoms with Crippen molar-refractivity contribution >= 4 is 16.9 Å². The van der Waals surface area contributed by atoms with Crippen molar-refractivity contribution in [2.45, 2.75) is 6.54 Å². The van der Waals surface area contributed by atoms with Gasteiger partial charge in [0.1, 0.15) is 5.82 Å². The minimum Gasteiger partial charge on any atom is -0.478 e. The number of aromatic carboxylic acids is 1. The van der Waals surface area contributed by atoms with Crippen molar-refractivity contribution in [2.24, 2.45) is 0 Å². The molecule has 116 valence electrons. The molecule has 2 aromatic carbocycles. The number of carboxylic acids is 1. The van der Waals surface area contributed by atoms with E-state index in [1.54, 1.807) is 24.3 Å². The SMILES string of the molecule is O=C(O)c1cc(F)cc(Cn2c(=O)[nH]c(=O)c3ccccc32)c1. The molecule has 7 heteroatoms. The molecular formula is C16H11FN2O4. The van der Waals surface area contributed by atoms with Gasteiger partial charge in [-0.15, -0.1) is 0 Å². The number of nitrogens with zero attached hydrogens (tertiary/aromatic N) is 1. The number of hydrogen-bond donors (Lipinski definition) is 2. The Labute approximate surface area is 128 Å². The summed E-state index contributed by atoms with van der Waals surface area (Å²) >= 11 is 0. The lowest BCUT2D eigenvalue weighted by atomic mass is 10.1. The third-order valence-electron chi connectivity index (χ3n) is 3.45. The van der Waals surface area contributed by atoms with E-state index in [9.17, 15) is 18.8 Å². The van der Waals surface area contributed by atoms with Crippen molar-refractivity contribution < 1.29 is 14.3 Å². The Morgan fingerprint density at radius 2 is 1.91 bits per heavy atom. The molecule has 0 radical (unpaired) electrons. The highest BCUT2D eigenvalue weighted by molar-refractivity contribution is 5.87. The fraction of sp³-hybridized carbons (Fsp3) is 0.0625. The van der Waals surface area contributed by atoms with Crippen LogP contribution in [0.2, 0.25) is 0 Å². The molecule has 0 aliphatic rings. The van der Waals surface area contributed by atoms with Crippen LogP contribution < -0.4 is 11.2 Å². The second-order valence-corrected chi connectivity index (χ2v) is 5.02. The van der Waals surface area contributed by atoms with Crippen LogP contribution in [0.5, 0.6) is 0 Å². The van der Waals surface area contributed by atoms with E-state index in [1.807, 2.05) is 0 Å². The Morgan fingerprint density at radius 1 is 1.17 bits per heavy atom. The average Bonchev–Trinajstić information content (AvgIpc) is 2.51. The number of aromatic amines is 1. The van der Waals surface area contributed by atoms with Gasteiger partial charge in [-0.3, -0.25) is 14.3 Å². The second kappa shape index (κ2) is 5.53. The van der Waals surface area contributed by atoms with Crippen molar-refractivity contribution in [2.75, 3.05) is 0 Å². The van der Waals surface area contributed by atoms with Crippen LogP contribution in [0.4, 0.5) is 4.39 Å². The van der Waals surface area contributed by atoms with Gasteiger partial charge in [-0.1, -0.05) is 12.1 Å². The number of H-pyrrole nitrogens is 1. The first kappa shape index (κ1) is 14.7. The summed E-state index contributed by atoms with van der Waals surface area (Å²) < 4.78 is 14.8. The van der Waals surface area contributed by atoms with E-state index in [-0.39, 0.29) is 12.1 Å². The van der Waals surface area contributed by atoms with Gasteiger partial charge in [-0.2, -0.15) is 0 Å². The number of carbonyl (C=O) groups is 1. The van der Waals surface area contributed by atoms with Gasteiger partial charge in [-0.05, 0) is 35.9 Å². The quantitative estimate of drug-likeness (QED) is 0.767. The van der Waals surface area contributed by atoms with Gasteiger partial charge in [0.25, 0.3) is 5.56 Å². The van der Waals surface area contributed by atoms with Crippen LogP contribution in [0, 0.1) is 5.82 Å². The fourth-order valence-electron chi connectivity index (χ4n) is 2.45. The number of aromatic nitrogens is 2. The van der Waals surface area contributed by atoms with E-state index in [0.29, 0.717) is 16.5 Å². The lowest BCUT2D eigenvalue weighted by molar-refractivity contribution is 0.0696. The predicted octanol–water partition coefficient (Wildman–Crippen LogP) is 1.58. The maximum absolute atomic E-state index is 13.6. The van der Waals surface area contributed by atoms with Gasteiger partial charge in [0, 0.05) is 0 Å². The van der Waals surface area contributed by atoms with Crippen molar-refractivity contribution in [3.05, 3.63) is 80.2 Å². The van der Waals surface area contributed by atoms with E-state index in [2.05, 4.69) is 4.98 Å². The predicted molar refractivity (Wildman–Crippen MR) is 81.3 cm³/mol. The summed E-state index contributed by atoms with van der Waals surface area (Å²) in [5.74, 6) is -1.97. The number of fused-ring (bicyclic) bond motifs is 1. The normalized spacial score (nSPS) is 10.8. The molecule has 0 saturated heterocycles. The first-order chi connectivity index (χ1) is 11.0. The number of benzene rings is 2. The first-order valence-corrected chi connectivity index (χ1v) is 6.70. The lowest BCUT2D eigenvalue weighted by Crippen LogP contribution is -2.30. The maximum atomic E-state index is 13.6. The number of halogens is 1. The molecule has 0 aliphatic heterocycles. The van der Waals surface area contributed by atoms with E-state index >= 15 is 0 Å². The molecule has 0 spiro atoms. The minimum atomic E-state index is -1.26. The summed E-state index contributed by atoms with van der Waals surface area (Å²) in [6.07, 6.45) is 0. The monoisotopic (exact) mass is 314 g/mol. The van der Waals surface area contributed by atoms with E-state index in [1.165, 1.54) is 10.6 Å². The fourth-order valence-corrected chi connectivity index (χ4v) is 2.45. The average molecular weight is 314 g/mol. The molecule has 0 bridgehead atoms. The van der Waals surface area contributed by atoms with Crippen LogP contribution in [-0.2, 0) is 6.54 Å². The standard InChI is InChI=1S/C16H11FN2O4/c17-11-6-9(5-10(7-11)15(21)22)8-19-13-4-2-1-3-12(13)14(20)18-16(19)23/h1-7H,8H2,(H,21,22)(H,18,20,23). The number of rotatable bonds is 3. The third kappa shape index (κ3) is 2.76. The molecular weight excluding hydrogens is 303 g/mol. The van der Waals surface area contributed by atoms with Crippen molar-refractivity contribution in [3.63, 3.8) is 0 Å². The molecule has 6 nitrogen and oxygen atoms in total. The highest BCUT2D eigenvalue weighted by atomic mass is 19.1. The number of para-hydroxylation sites is 1. The van der Waals surface area contributed by atoms with Gasteiger partial charge in [0.15, 0.2) is 0 Å². The zero-order chi connectivity index (χ0) is 16.6. The van der Waals surface area contributed by atoms with Crippen LogP contribution in [0.15, 0.2) is 52.1 Å². The van der Waals surface area contributed by atoms with Crippen LogP contribution in [0.3, 0.4) is 0 Å². The van der Waals surface area contributed by atoms with E-state index in [4.69, 9.17) is 5.11 Å². The Hall–Kier alpha value is -3.22. The minimum absolute atomic E-state index is 0.0613. The molecule has 2 N–H and O–H groups in total. The van der Waals surface area contributed by atoms with Gasteiger partial charge >= 0.3 is 11.7 Å². The largest absolute Gasteiger partial charge is 0.478 e. The topological polar surface area (TPSA) is 92.2 Å². The smallest absolute Gasteiger partial charge is 0.335 e. The number of carboxylic acid groups (broad SMARTS) is 1. The third-order valence-corrected chi connectivity index (χ3v) is 3.45. The van der Waals surface area contributed by atoms with Gasteiger partial charge < -0.3 is 5.11 Å². The summed E-state index contributed by atoms with van der Waals surface area (Å²) in [7, 11) is 0. The van der Waals surface area contributed by atoms with Crippen LogP contribution in [0.25, 0.3) is 10.9 Å². The van der Waals surface area contributed by atoms with Crippen LogP contribution in [-0.4, -0.2) is 20.6 Å². The van der Waals surface area contributed by atoms with Crippen LogP contribution in [0.1, 0.15) is 15.9 Å². The second-order valence-electron chi connectivity index (χ2n) is 5.02. The summed E-state index contributed by atoms with van der Waals surface area (Å²) in [5.41, 5.74) is -0.659. The molecule has 3 rings (SSSR count). The highest BCUT2D eigenvalue weighted by Crippen LogP contribution is 2.13. The number of nitrogens with one attached hydrogen (secondary N) is 1. The summed E-state index contributed by atoms with van der Waals surface area (Å²) in [6.45, 7) is -0.0613. The zero-order valence-electron chi connectivity index (χ0n) is 11.7. The summed E-state index contributed by atoms with van der Waals surface area (Å²) in [5, 5.41) is 9.30. The molecule has 1 heterocycles.